The molecule has 2 aromatic rings. The monoisotopic (exact) mass is 256 g/mol. The van der Waals surface area contributed by atoms with E-state index < -0.39 is 0 Å². The summed E-state index contributed by atoms with van der Waals surface area (Å²) in [5.74, 6) is -0.00465. The molecular formula is C16H13ClO. The van der Waals surface area contributed by atoms with Crippen molar-refractivity contribution in [2.75, 3.05) is 0 Å². The van der Waals surface area contributed by atoms with Gasteiger partial charge in [0, 0.05) is 10.6 Å². The minimum atomic E-state index is -0.00465. The largest absolute Gasteiger partial charge is 0.289 e. The number of benzene rings is 2. The topological polar surface area (TPSA) is 17.1 Å². The summed E-state index contributed by atoms with van der Waals surface area (Å²) in [7, 11) is 0. The zero-order valence-electron chi connectivity index (χ0n) is 10.1. The maximum Gasteiger partial charge on any atom is 0.185 e. The van der Waals surface area contributed by atoms with Crippen LogP contribution in [0.3, 0.4) is 0 Å². The van der Waals surface area contributed by atoms with E-state index in [0.717, 1.165) is 11.1 Å². The molecule has 90 valence electrons. The maximum atomic E-state index is 11.9. The summed E-state index contributed by atoms with van der Waals surface area (Å²) in [6.07, 6.45) is 3.34. The standard InChI is InChI=1S/C16H13ClO/c1-12-5-8-14(9-6-12)16(18)10-7-13-3-2-4-15(17)11-13/h2-11H,1H3. The van der Waals surface area contributed by atoms with Gasteiger partial charge < -0.3 is 0 Å². The summed E-state index contributed by atoms with van der Waals surface area (Å²) >= 11 is 5.88. The van der Waals surface area contributed by atoms with Crippen molar-refractivity contribution in [2.24, 2.45) is 0 Å². The molecule has 0 radical (unpaired) electrons. The predicted octanol–water partition coefficient (Wildman–Crippen LogP) is 4.54. The Balaban J connectivity index is 2.14. The highest BCUT2D eigenvalue weighted by Gasteiger charge is 2.00. The van der Waals surface area contributed by atoms with Gasteiger partial charge in [-0.05, 0) is 30.7 Å². The number of aryl methyl sites for hydroxylation is 1. The molecule has 0 aromatic heterocycles. The van der Waals surface area contributed by atoms with Crippen LogP contribution in [0.1, 0.15) is 21.5 Å². The first kappa shape index (κ1) is 12.6. The Morgan fingerprint density at radius 1 is 1.11 bits per heavy atom. The summed E-state index contributed by atoms with van der Waals surface area (Å²) in [4.78, 5) is 11.9. The van der Waals surface area contributed by atoms with Gasteiger partial charge in [-0.3, -0.25) is 4.79 Å². The van der Waals surface area contributed by atoms with E-state index in [0.29, 0.717) is 10.6 Å². The van der Waals surface area contributed by atoms with Crippen LogP contribution in [0.5, 0.6) is 0 Å². The van der Waals surface area contributed by atoms with E-state index in [2.05, 4.69) is 0 Å². The molecule has 0 aliphatic rings. The molecule has 0 amide bonds. The number of hydrogen-bond donors (Lipinski definition) is 0. The lowest BCUT2D eigenvalue weighted by atomic mass is 10.1. The molecule has 0 aliphatic carbocycles. The summed E-state index contributed by atoms with van der Waals surface area (Å²) in [5.41, 5.74) is 2.76. The number of hydrogen-bond acceptors (Lipinski definition) is 1. The van der Waals surface area contributed by atoms with E-state index in [1.807, 2.05) is 49.4 Å². The number of carbonyl (C=O) groups is 1. The Morgan fingerprint density at radius 2 is 1.83 bits per heavy atom. The van der Waals surface area contributed by atoms with Gasteiger partial charge in [0.05, 0.1) is 0 Å². The van der Waals surface area contributed by atoms with Crippen molar-refractivity contribution in [2.45, 2.75) is 6.92 Å². The third kappa shape index (κ3) is 3.31. The highest BCUT2D eigenvalue weighted by Crippen LogP contribution is 2.12. The Morgan fingerprint density at radius 3 is 2.50 bits per heavy atom. The SMILES string of the molecule is Cc1ccc(C(=O)C=Cc2cccc(Cl)c2)cc1. The van der Waals surface area contributed by atoms with Crippen LogP contribution in [-0.4, -0.2) is 5.78 Å². The van der Waals surface area contributed by atoms with Crippen LogP contribution in [0.4, 0.5) is 0 Å². The molecule has 0 fully saturated rings. The smallest absolute Gasteiger partial charge is 0.185 e. The van der Waals surface area contributed by atoms with Gasteiger partial charge in [-0.2, -0.15) is 0 Å². The Hall–Kier alpha value is -1.86. The number of rotatable bonds is 3. The number of ketones is 1. The molecule has 0 unspecified atom stereocenters. The van der Waals surface area contributed by atoms with Gasteiger partial charge in [-0.1, -0.05) is 59.6 Å². The number of allylic oxidation sites excluding steroid dienone is 1. The molecule has 0 aliphatic heterocycles. The minimum absolute atomic E-state index is 0.00465. The van der Waals surface area contributed by atoms with E-state index in [9.17, 15) is 4.79 Å². The van der Waals surface area contributed by atoms with Crippen LogP contribution < -0.4 is 0 Å². The lowest BCUT2D eigenvalue weighted by Gasteiger charge is -1.97. The van der Waals surface area contributed by atoms with E-state index in [1.54, 1.807) is 18.2 Å². The third-order valence-electron chi connectivity index (χ3n) is 2.61. The van der Waals surface area contributed by atoms with Gasteiger partial charge in [0.2, 0.25) is 0 Å². The lowest BCUT2D eigenvalue weighted by molar-refractivity contribution is 0.104. The van der Waals surface area contributed by atoms with Gasteiger partial charge in [0.15, 0.2) is 5.78 Å². The Bertz CT molecular complexity index is 582. The molecule has 2 rings (SSSR count). The van der Waals surface area contributed by atoms with Crippen molar-refractivity contribution in [1.29, 1.82) is 0 Å². The van der Waals surface area contributed by atoms with Crippen molar-refractivity contribution in [3.8, 4) is 0 Å². The fraction of sp³-hybridized carbons (Fsp3) is 0.0625. The van der Waals surface area contributed by atoms with Gasteiger partial charge in [-0.15, -0.1) is 0 Å². The van der Waals surface area contributed by atoms with E-state index in [1.165, 1.54) is 0 Å². The lowest BCUT2D eigenvalue weighted by Crippen LogP contribution is -1.93. The van der Waals surface area contributed by atoms with Crippen LogP contribution in [0.25, 0.3) is 6.08 Å². The Labute approximate surface area is 112 Å². The summed E-state index contributed by atoms with van der Waals surface area (Å²) < 4.78 is 0. The van der Waals surface area contributed by atoms with Gasteiger partial charge in [0.25, 0.3) is 0 Å². The minimum Gasteiger partial charge on any atom is -0.289 e. The molecule has 0 atom stereocenters. The van der Waals surface area contributed by atoms with Crippen LogP contribution in [0.2, 0.25) is 5.02 Å². The van der Waals surface area contributed by atoms with Gasteiger partial charge in [-0.25, -0.2) is 0 Å². The zero-order chi connectivity index (χ0) is 13.0. The van der Waals surface area contributed by atoms with Gasteiger partial charge >= 0.3 is 0 Å². The number of carbonyl (C=O) groups excluding carboxylic acids is 1. The highest BCUT2D eigenvalue weighted by molar-refractivity contribution is 6.30. The molecule has 2 heteroatoms. The van der Waals surface area contributed by atoms with E-state index >= 15 is 0 Å². The molecule has 0 spiro atoms. The van der Waals surface area contributed by atoms with Crippen LogP contribution >= 0.6 is 11.6 Å². The second-order valence-electron chi connectivity index (χ2n) is 4.12. The van der Waals surface area contributed by atoms with Crippen molar-refractivity contribution in [3.05, 3.63) is 76.3 Å². The van der Waals surface area contributed by atoms with Crippen molar-refractivity contribution in [1.82, 2.24) is 0 Å². The molecule has 1 nitrogen and oxygen atoms in total. The molecule has 18 heavy (non-hydrogen) atoms. The fourth-order valence-electron chi connectivity index (χ4n) is 1.60. The van der Waals surface area contributed by atoms with Crippen LogP contribution in [-0.2, 0) is 0 Å². The molecule has 2 aromatic carbocycles. The first-order valence-electron chi connectivity index (χ1n) is 5.70. The Kier molecular flexibility index (Phi) is 3.96. The summed E-state index contributed by atoms with van der Waals surface area (Å²) in [6.45, 7) is 2.00. The van der Waals surface area contributed by atoms with E-state index in [-0.39, 0.29) is 5.78 Å². The van der Waals surface area contributed by atoms with E-state index in [4.69, 9.17) is 11.6 Å². The maximum absolute atomic E-state index is 11.9. The zero-order valence-corrected chi connectivity index (χ0v) is 10.8. The predicted molar refractivity (Wildman–Crippen MR) is 76.0 cm³/mol. The highest BCUT2D eigenvalue weighted by atomic mass is 35.5. The quantitative estimate of drug-likeness (QED) is 0.582. The van der Waals surface area contributed by atoms with Gasteiger partial charge in [0.1, 0.15) is 0 Å². The van der Waals surface area contributed by atoms with Crippen molar-refractivity contribution < 1.29 is 4.79 Å². The molecular weight excluding hydrogens is 244 g/mol. The first-order chi connectivity index (χ1) is 8.65. The normalized spacial score (nSPS) is 10.8. The molecule has 0 N–H and O–H groups in total. The average molecular weight is 257 g/mol. The average Bonchev–Trinajstić information content (AvgIpc) is 2.37. The van der Waals surface area contributed by atoms with Crippen LogP contribution in [0.15, 0.2) is 54.6 Å². The molecule has 0 saturated heterocycles. The van der Waals surface area contributed by atoms with Crippen molar-refractivity contribution >= 4 is 23.5 Å². The van der Waals surface area contributed by atoms with Crippen molar-refractivity contribution in [3.63, 3.8) is 0 Å². The number of halogens is 1. The third-order valence-corrected chi connectivity index (χ3v) is 2.85. The fourth-order valence-corrected chi connectivity index (χ4v) is 1.79. The summed E-state index contributed by atoms with van der Waals surface area (Å²) in [6, 6.07) is 14.9. The first-order valence-corrected chi connectivity index (χ1v) is 6.07. The van der Waals surface area contributed by atoms with Crippen LogP contribution in [0, 0.1) is 6.92 Å². The molecule has 0 heterocycles. The summed E-state index contributed by atoms with van der Waals surface area (Å²) in [5, 5.41) is 0.667. The molecule has 0 bridgehead atoms. The molecule has 0 saturated carbocycles. The second-order valence-corrected chi connectivity index (χ2v) is 4.56. The second kappa shape index (κ2) is 5.65.